The van der Waals surface area contributed by atoms with Crippen molar-refractivity contribution in [3.8, 4) is 17.1 Å². The second-order valence-corrected chi connectivity index (χ2v) is 12.3. The van der Waals surface area contributed by atoms with Crippen molar-refractivity contribution in [2.45, 2.75) is 24.7 Å². The number of benzene rings is 1. The van der Waals surface area contributed by atoms with Crippen molar-refractivity contribution >= 4 is 46.8 Å². The molecule has 16 nitrogen and oxygen atoms in total. The molecule has 2 atom stereocenters. The summed E-state index contributed by atoms with van der Waals surface area (Å²) in [6, 6.07) is 5.83. The third-order valence-corrected chi connectivity index (χ3v) is 8.97. The molecule has 0 unspecified atom stereocenters. The summed E-state index contributed by atoms with van der Waals surface area (Å²) in [6.45, 7) is 0.525. The summed E-state index contributed by atoms with van der Waals surface area (Å²) < 4.78 is 44.1. The first kappa shape index (κ1) is 35.1. The first-order valence-electron chi connectivity index (χ1n) is 15.4. The molecule has 5 heterocycles. The summed E-state index contributed by atoms with van der Waals surface area (Å²) in [5.41, 5.74) is 4.64. The number of hydrogen-bond acceptors (Lipinski definition) is 9. The number of aromatic nitrogens is 5. The molecule has 51 heavy (non-hydrogen) atoms. The van der Waals surface area contributed by atoms with Gasteiger partial charge in [0.2, 0.25) is 5.91 Å². The monoisotopic (exact) mass is 730 g/mol. The van der Waals surface area contributed by atoms with E-state index in [2.05, 4.69) is 20.4 Å². The summed E-state index contributed by atoms with van der Waals surface area (Å²) >= 11 is 6.44. The number of aliphatic hydroxyl groups excluding tert-OH is 1. The van der Waals surface area contributed by atoms with Crippen LogP contribution in [-0.2, 0) is 18.0 Å². The van der Waals surface area contributed by atoms with Gasteiger partial charge in [0.1, 0.15) is 6.04 Å². The number of likely N-dealkylation sites (tertiary alicyclic amines) is 1. The molecule has 2 saturated heterocycles. The summed E-state index contributed by atoms with van der Waals surface area (Å²) in [5.74, 6) is -1.88. The SMILES string of the molecule is Cn1c(-c2cn(-c3ccc(N)cn3)nc2C(F)(F)F)cnc1C(=O)Nc1ccc(C(=O)N2CCN(C(=O)[C@@H]3[C@@H](O)CCN3C(=O)O)CC2)c(Cl)c1. The van der Waals surface area contributed by atoms with Crippen molar-refractivity contribution in [3.63, 3.8) is 0 Å². The van der Waals surface area contributed by atoms with E-state index in [1.807, 2.05) is 0 Å². The fraction of sp³-hybridized carbons (Fsp3) is 0.323. The molecule has 0 saturated carbocycles. The second-order valence-electron chi connectivity index (χ2n) is 11.9. The average molecular weight is 731 g/mol. The highest BCUT2D eigenvalue weighted by atomic mass is 35.5. The van der Waals surface area contributed by atoms with Crippen LogP contribution < -0.4 is 11.1 Å². The zero-order valence-electron chi connectivity index (χ0n) is 26.7. The number of carbonyl (C=O) groups is 4. The Labute approximate surface area is 291 Å². The van der Waals surface area contributed by atoms with E-state index < -0.39 is 47.8 Å². The fourth-order valence-electron chi connectivity index (χ4n) is 6.02. The van der Waals surface area contributed by atoms with Gasteiger partial charge >= 0.3 is 12.3 Å². The van der Waals surface area contributed by atoms with E-state index in [0.717, 1.165) is 22.0 Å². The van der Waals surface area contributed by atoms with Crippen molar-refractivity contribution in [2.24, 2.45) is 7.05 Å². The van der Waals surface area contributed by atoms with Crippen LogP contribution in [0.2, 0.25) is 5.02 Å². The standard InChI is InChI=1S/C31H30ClF3N10O6/c1-41-21(19-15-45(40-25(19)31(33,34)35)23-5-2-16(36)13-37-23)14-38-26(41)27(47)39-17-3-4-18(20(32)12-17)28(48)42-8-10-43(11-9-42)29(49)24-22(46)6-7-44(24)30(50)51/h2-5,12-15,22,24,46H,6-11,36H2,1H3,(H,39,47)(H,50,51)/t22-,24-/m0/s1. The number of alkyl halides is 3. The van der Waals surface area contributed by atoms with Crippen molar-refractivity contribution in [3.05, 3.63) is 71.0 Å². The number of imidazole rings is 1. The van der Waals surface area contributed by atoms with Crippen molar-refractivity contribution in [2.75, 3.05) is 43.8 Å². The molecule has 4 aromatic rings. The number of carboxylic acid groups (broad SMARTS) is 1. The number of nitrogens with zero attached hydrogens (tertiary/aromatic N) is 8. The summed E-state index contributed by atoms with van der Waals surface area (Å²) in [7, 11) is 1.37. The minimum atomic E-state index is -4.84. The number of aliphatic hydroxyl groups is 1. The van der Waals surface area contributed by atoms with Gasteiger partial charge < -0.3 is 35.6 Å². The molecular formula is C31H30ClF3N10O6. The third-order valence-electron chi connectivity index (χ3n) is 8.66. The van der Waals surface area contributed by atoms with Crippen molar-refractivity contribution in [1.82, 2.24) is 39.0 Å². The lowest BCUT2D eigenvalue weighted by Crippen LogP contribution is -2.57. The van der Waals surface area contributed by atoms with E-state index in [1.165, 1.54) is 57.9 Å². The van der Waals surface area contributed by atoms with Gasteiger partial charge in [-0.2, -0.15) is 18.3 Å². The van der Waals surface area contributed by atoms with Gasteiger partial charge in [-0.3, -0.25) is 19.3 Å². The minimum absolute atomic E-state index is 0.00141. The predicted molar refractivity (Wildman–Crippen MR) is 174 cm³/mol. The minimum Gasteiger partial charge on any atom is -0.465 e. The number of hydrogen-bond donors (Lipinski definition) is 4. The molecule has 4 amide bonds. The van der Waals surface area contributed by atoms with Crippen LogP contribution in [0.15, 0.2) is 48.9 Å². The molecule has 2 fully saturated rings. The fourth-order valence-corrected chi connectivity index (χ4v) is 6.28. The van der Waals surface area contributed by atoms with Crippen LogP contribution in [0, 0.1) is 0 Å². The van der Waals surface area contributed by atoms with E-state index in [4.69, 9.17) is 17.3 Å². The Morgan fingerprint density at radius 1 is 1.00 bits per heavy atom. The number of piperazine rings is 1. The number of rotatable bonds is 6. The number of pyridine rings is 1. The summed E-state index contributed by atoms with van der Waals surface area (Å²) in [5, 5.41) is 25.9. The van der Waals surface area contributed by atoms with Crippen molar-refractivity contribution in [1.29, 1.82) is 0 Å². The number of anilines is 2. The first-order chi connectivity index (χ1) is 24.1. The Balaban J connectivity index is 1.12. The summed E-state index contributed by atoms with van der Waals surface area (Å²) in [4.78, 5) is 62.9. The molecule has 0 aliphatic carbocycles. The van der Waals surface area contributed by atoms with E-state index in [9.17, 15) is 42.6 Å². The molecule has 0 bridgehead atoms. The van der Waals surface area contributed by atoms with Gasteiger partial charge in [-0.05, 0) is 36.8 Å². The highest BCUT2D eigenvalue weighted by Crippen LogP contribution is 2.37. The Bertz CT molecular complexity index is 2010. The normalized spacial score (nSPS) is 17.9. The van der Waals surface area contributed by atoms with E-state index in [-0.39, 0.29) is 78.3 Å². The lowest BCUT2D eigenvalue weighted by molar-refractivity contribution is -0.141. The van der Waals surface area contributed by atoms with Crippen LogP contribution in [-0.4, -0.2) is 118 Å². The van der Waals surface area contributed by atoms with E-state index in [1.54, 1.807) is 0 Å². The molecule has 5 N–H and O–H groups in total. The van der Waals surface area contributed by atoms with E-state index >= 15 is 0 Å². The van der Waals surface area contributed by atoms with E-state index in [0.29, 0.717) is 5.69 Å². The van der Waals surface area contributed by atoms with Gasteiger partial charge in [0.05, 0.1) is 46.0 Å². The highest BCUT2D eigenvalue weighted by molar-refractivity contribution is 6.34. The quantitative estimate of drug-likeness (QED) is 0.228. The molecule has 3 aromatic heterocycles. The largest absolute Gasteiger partial charge is 0.465 e. The molecule has 20 heteroatoms. The Morgan fingerprint density at radius 2 is 1.71 bits per heavy atom. The first-order valence-corrected chi connectivity index (χ1v) is 15.8. The zero-order chi connectivity index (χ0) is 36.8. The Hall–Kier alpha value is -5.69. The van der Waals surface area contributed by atoms with Gasteiger partial charge in [0, 0.05) is 51.7 Å². The van der Waals surface area contributed by atoms with Crippen LogP contribution >= 0.6 is 11.6 Å². The molecule has 2 aliphatic heterocycles. The average Bonchev–Trinajstić information content (AvgIpc) is 3.81. The zero-order valence-corrected chi connectivity index (χ0v) is 27.5. The van der Waals surface area contributed by atoms with Crippen LogP contribution in [0.4, 0.5) is 29.3 Å². The number of nitrogens with two attached hydrogens (primary N) is 1. The molecule has 1 aromatic carbocycles. The lowest BCUT2D eigenvalue weighted by Gasteiger charge is -2.37. The number of nitrogen functional groups attached to an aromatic ring is 1. The van der Waals surface area contributed by atoms with Crippen LogP contribution in [0.25, 0.3) is 17.1 Å². The smallest absolute Gasteiger partial charge is 0.435 e. The predicted octanol–water partition coefficient (Wildman–Crippen LogP) is 2.57. The molecule has 2 aliphatic rings. The molecule has 6 rings (SSSR count). The highest BCUT2D eigenvalue weighted by Gasteiger charge is 2.44. The van der Waals surface area contributed by atoms with Gasteiger partial charge in [0.15, 0.2) is 17.3 Å². The van der Waals surface area contributed by atoms with Gasteiger partial charge in [-0.1, -0.05) is 11.6 Å². The number of nitrogens with one attached hydrogen (secondary N) is 1. The maximum absolute atomic E-state index is 14.0. The topological polar surface area (TPSA) is 205 Å². The molecular weight excluding hydrogens is 701 g/mol. The van der Waals surface area contributed by atoms with Crippen molar-refractivity contribution < 1.29 is 42.6 Å². The van der Waals surface area contributed by atoms with Crippen LogP contribution in [0.1, 0.15) is 33.1 Å². The van der Waals surface area contributed by atoms with Crippen LogP contribution in [0.3, 0.4) is 0 Å². The maximum atomic E-state index is 14.0. The summed E-state index contributed by atoms with van der Waals surface area (Å²) in [6.07, 6.45) is -3.59. The van der Waals surface area contributed by atoms with Crippen LogP contribution in [0.5, 0.6) is 0 Å². The molecule has 0 spiro atoms. The Morgan fingerprint density at radius 3 is 2.33 bits per heavy atom. The van der Waals surface area contributed by atoms with Gasteiger partial charge in [-0.15, -0.1) is 0 Å². The Kier molecular flexibility index (Phi) is 9.34. The number of carbonyl (C=O) groups excluding carboxylic acids is 3. The third kappa shape index (κ3) is 6.89. The van der Waals surface area contributed by atoms with Gasteiger partial charge in [0.25, 0.3) is 11.8 Å². The van der Waals surface area contributed by atoms with Gasteiger partial charge in [-0.25, -0.2) is 19.4 Å². The number of amides is 4. The maximum Gasteiger partial charge on any atom is 0.435 e. The second kappa shape index (κ2) is 13.6. The number of halogens is 4. The molecule has 268 valence electrons. The molecule has 0 radical (unpaired) electrons. The lowest BCUT2D eigenvalue weighted by atomic mass is 10.1.